The fourth-order valence-electron chi connectivity index (χ4n) is 1.52. The van der Waals surface area contributed by atoms with Gasteiger partial charge in [-0.05, 0) is 30.0 Å². The molecule has 0 saturated carbocycles. The molecule has 106 valence electrons. The van der Waals surface area contributed by atoms with Crippen LogP contribution in [0, 0.1) is 0 Å². The summed E-state index contributed by atoms with van der Waals surface area (Å²) in [5, 5.41) is 12.5. The second-order valence-electron chi connectivity index (χ2n) is 3.86. The van der Waals surface area contributed by atoms with Crippen LogP contribution in [0.1, 0.15) is 12.8 Å². The summed E-state index contributed by atoms with van der Waals surface area (Å²) in [5.41, 5.74) is 0.892. The Kier molecular flexibility index (Phi) is 5.49. The smallest absolute Gasteiger partial charge is 0.313 e. The molecular formula is C13H14N2O3S2. The maximum atomic E-state index is 10.4. The van der Waals surface area contributed by atoms with Gasteiger partial charge in [0.1, 0.15) is 0 Å². The van der Waals surface area contributed by atoms with Crippen molar-refractivity contribution in [2.45, 2.75) is 17.6 Å². The average Bonchev–Trinajstić information content (AvgIpc) is 2.88. The lowest BCUT2D eigenvalue weighted by atomic mass is 10.2. The molecule has 0 aliphatic carbocycles. The van der Waals surface area contributed by atoms with Crippen molar-refractivity contribution in [1.29, 1.82) is 0 Å². The number of aliphatic carboxylic acids is 1. The van der Waals surface area contributed by atoms with Crippen LogP contribution in [-0.2, 0) is 10.5 Å². The van der Waals surface area contributed by atoms with Gasteiger partial charge in [0.15, 0.2) is 0 Å². The minimum Gasteiger partial charge on any atom is -0.481 e. The largest absolute Gasteiger partial charge is 0.481 e. The molecule has 20 heavy (non-hydrogen) atoms. The molecule has 7 heteroatoms. The fraction of sp³-hybridized carbons (Fsp3) is 0.308. The first kappa shape index (κ1) is 14.9. The molecular weight excluding hydrogens is 296 g/mol. The Bertz CT molecular complexity index is 569. The maximum absolute atomic E-state index is 10.4. The minimum atomic E-state index is -0.848. The van der Waals surface area contributed by atoms with E-state index in [1.165, 1.54) is 16.7 Å². The average molecular weight is 310 g/mol. The first-order valence-electron chi connectivity index (χ1n) is 6.04. The Morgan fingerprint density at radius 3 is 2.75 bits per heavy atom. The molecule has 1 heterocycles. The van der Waals surface area contributed by atoms with E-state index in [0.29, 0.717) is 17.5 Å². The van der Waals surface area contributed by atoms with Gasteiger partial charge in [0, 0.05) is 10.5 Å². The third-order valence-corrected chi connectivity index (χ3v) is 4.14. The maximum Gasteiger partial charge on any atom is 0.313 e. The summed E-state index contributed by atoms with van der Waals surface area (Å²) in [6.07, 6.45) is 0. The fourth-order valence-corrected chi connectivity index (χ4v) is 2.75. The number of carboxylic acids is 1. The highest BCUT2D eigenvalue weighted by molar-refractivity contribution is 7.99. The van der Waals surface area contributed by atoms with Crippen LogP contribution in [0.25, 0.3) is 11.4 Å². The van der Waals surface area contributed by atoms with E-state index in [-0.39, 0.29) is 5.75 Å². The highest BCUT2D eigenvalue weighted by Gasteiger charge is 2.09. The van der Waals surface area contributed by atoms with Crippen LogP contribution in [0.2, 0.25) is 0 Å². The molecule has 0 atom stereocenters. The zero-order chi connectivity index (χ0) is 14.4. The van der Waals surface area contributed by atoms with E-state index in [1.54, 1.807) is 11.8 Å². The summed E-state index contributed by atoms with van der Waals surface area (Å²) in [6.45, 7) is 2.11. The van der Waals surface area contributed by atoms with Gasteiger partial charge in [0.2, 0.25) is 11.7 Å². The predicted molar refractivity (Wildman–Crippen MR) is 79.9 cm³/mol. The van der Waals surface area contributed by atoms with E-state index in [4.69, 9.17) is 9.63 Å². The van der Waals surface area contributed by atoms with Crippen molar-refractivity contribution < 1.29 is 14.4 Å². The van der Waals surface area contributed by atoms with Crippen molar-refractivity contribution in [2.75, 3.05) is 11.5 Å². The number of hydrogen-bond acceptors (Lipinski definition) is 6. The first-order valence-corrected chi connectivity index (χ1v) is 8.18. The number of benzene rings is 1. The number of nitrogens with zero attached hydrogens (tertiary/aromatic N) is 2. The van der Waals surface area contributed by atoms with Crippen molar-refractivity contribution in [3.63, 3.8) is 0 Å². The van der Waals surface area contributed by atoms with Gasteiger partial charge in [-0.2, -0.15) is 4.98 Å². The summed E-state index contributed by atoms with van der Waals surface area (Å²) >= 11 is 3.01. The van der Waals surface area contributed by atoms with Crippen molar-refractivity contribution in [2.24, 2.45) is 0 Å². The lowest BCUT2D eigenvalue weighted by Crippen LogP contribution is -1.98. The van der Waals surface area contributed by atoms with E-state index in [2.05, 4.69) is 17.1 Å². The molecule has 2 rings (SSSR count). The van der Waals surface area contributed by atoms with Crippen LogP contribution in [0.3, 0.4) is 0 Å². The molecule has 0 spiro atoms. The number of aromatic nitrogens is 2. The van der Waals surface area contributed by atoms with Gasteiger partial charge in [0.05, 0.1) is 11.5 Å². The van der Waals surface area contributed by atoms with E-state index < -0.39 is 5.97 Å². The van der Waals surface area contributed by atoms with Crippen LogP contribution in [0.4, 0.5) is 0 Å². The predicted octanol–water partition coefficient (Wildman–Crippen LogP) is 3.17. The number of hydrogen-bond donors (Lipinski definition) is 1. The molecule has 2 aromatic rings. The van der Waals surface area contributed by atoms with Crippen LogP contribution in [0.5, 0.6) is 0 Å². The molecule has 0 radical (unpaired) electrons. The molecule has 1 aromatic heterocycles. The van der Waals surface area contributed by atoms with Gasteiger partial charge >= 0.3 is 5.97 Å². The van der Waals surface area contributed by atoms with Crippen LogP contribution in [-0.4, -0.2) is 32.7 Å². The highest BCUT2D eigenvalue weighted by atomic mass is 32.2. The second kappa shape index (κ2) is 7.35. The Labute approximate surface area is 125 Å². The second-order valence-corrected chi connectivity index (χ2v) is 6.18. The third-order valence-electron chi connectivity index (χ3n) is 2.34. The Hall–Kier alpha value is -1.47. The van der Waals surface area contributed by atoms with Crippen molar-refractivity contribution in [1.82, 2.24) is 10.1 Å². The van der Waals surface area contributed by atoms with Gasteiger partial charge in [-0.3, -0.25) is 4.79 Å². The number of carboxylic acid groups (broad SMARTS) is 1. The van der Waals surface area contributed by atoms with Crippen LogP contribution < -0.4 is 0 Å². The van der Waals surface area contributed by atoms with Crippen LogP contribution >= 0.6 is 23.5 Å². The normalized spacial score (nSPS) is 10.7. The molecule has 0 bridgehead atoms. The lowest BCUT2D eigenvalue weighted by Gasteiger charge is -1.98. The Morgan fingerprint density at radius 2 is 2.10 bits per heavy atom. The van der Waals surface area contributed by atoms with Crippen molar-refractivity contribution in [3.8, 4) is 11.4 Å². The Balaban J connectivity index is 1.98. The molecule has 0 saturated heterocycles. The summed E-state index contributed by atoms with van der Waals surface area (Å²) in [4.78, 5) is 15.9. The van der Waals surface area contributed by atoms with Gasteiger partial charge < -0.3 is 9.63 Å². The Morgan fingerprint density at radius 1 is 1.35 bits per heavy atom. The number of thioether (sulfide) groups is 2. The van der Waals surface area contributed by atoms with Gasteiger partial charge in [-0.25, -0.2) is 0 Å². The molecule has 1 N–H and O–H groups in total. The molecule has 0 aliphatic heterocycles. The van der Waals surface area contributed by atoms with E-state index in [9.17, 15) is 4.79 Å². The zero-order valence-corrected chi connectivity index (χ0v) is 12.5. The SMILES string of the molecule is CCSc1ccc(-c2noc(CSCC(=O)O)n2)cc1. The van der Waals surface area contributed by atoms with E-state index >= 15 is 0 Å². The molecule has 0 aliphatic rings. The minimum absolute atomic E-state index is 0.0284. The van der Waals surface area contributed by atoms with Crippen LogP contribution in [0.15, 0.2) is 33.7 Å². The third kappa shape index (κ3) is 4.28. The molecule has 1 aromatic carbocycles. The standard InChI is InChI=1S/C13H14N2O3S2/c1-2-20-10-5-3-9(4-6-10)13-14-11(18-15-13)7-19-8-12(16)17/h3-6H,2,7-8H2,1H3,(H,16,17). The molecule has 0 unspecified atom stereocenters. The van der Waals surface area contributed by atoms with Gasteiger partial charge in [-0.1, -0.05) is 12.1 Å². The lowest BCUT2D eigenvalue weighted by molar-refractivity contribution is -0.133. The quantitative estimate of drug-likeness (QED) is 0.787. The van der Waals surface area contributed by atoms with E-state index in [0.717, 1.165) is 11.3 Å². The number of rotatable bonds is 7. The first-order chi connectivity index (χ1) is 9.69. The van der Waals surface area contributed by atoms with E-state index in [1.807, 2.05) is 24.3 Å². The van der Waals surface area contributed by atoms with Gasteiger partial charge in [-0.15, -0.1) is 23.5 Å². The highest BCUT2D eigenvalue weighted by Crippen LogP contribution is 2.23. The van der Waals surface area contributed by atoms with Gasteiger partial charge in [0.25, 0.3) is 0 Å². The number of carbonyl (C=O) groups is 1. The molecule has 0 fully saturated rings. The summed E-state index contributed by atoms with van der Waals surface area (Å²) in [7, 11) is 0. The molecule has 5 nitrogen and oxygen atoms in total. The van der Waals surface area contributed by atoms with Crippen molar-refractivity contribution >= 4 is 29.5 Å². The molecule has 0 amide bonds. The summed E-state index contributed by atoms with van der Waals surface area (Å²) in [5.74, 6) is 1.59. The zero-order valence-electron chi connectivity index (χ0n) is 10.9. The summed E-state index contributed by atoms with van der Waals surface area (Å²) in [6, 6.07) is 7.96. The monoisotopic (exact) mass is 310 g/mol. The topological polar surface area (TPSA) is 76.2 Å². The van der Waals surface area contributed by atoms with Crippen molar-refractivity contribution in [3.05, 3.63) is 30.2 Å². The summed E-state index contributed by atoms with van der Waals surface area (Å²) < 4.78 is 5.10.